The molecular weight excluding hydrogens is 588 g/mol. The molecule has 1 spiro atoms. The van der Waals surface area contributed by atoms with Crippen LogP contribution >= 0.6 is 0 Å². The van der Waals surface area contributed by atoms with Crippen molar-refractivity contribution in [2.24, 2.45) is 0 Å². The number of esters is 1. The highest BCUT2D eigenvalue weighted by Crippen LogP contribution is 2.36. The van der Waals surface area contributed by atoms with Crippen LogP contribution in [0.15, 0.2) is 59.5 Å². The third-order valence-corrected chi connectivity index (χ3v) is 10.1. The molecule has 0 radical (unpaired) electrons. The number of hydrogen-bond acceptors (Lipinski definition) is 8. The minimum atomic E-state index is -4.06. The topological polar surface area (TPSA) is 151 Å². The number of carbonyl (C=O) groups is 4. The number of methoxy groups -OCH3 is 1. The molecule has 2 aromatic carbocycles. The maximum atomic E-state index is 13.6. The lowest BCUT2D eigenvalue weighted by Gasteiger charge is -2.51. The minimum absolute atomic E-state index is 0.00939. The molecule has 0 saturated carbocycles. The molecule has 2 heterocycles. The average Bonchev–Trinajstić information content (AvgIpc) is 3.04. The fourth-order valence-electron chi connectivity index (χ4n) is 5.76. The number of alkyl carbamates (subject to hydrolysis) is 1. The summed E-state index contributed by atoms with van der Waals surface area (Å²) in [5.41, 5.74) is -0.322. The van der Waals surface area contributed by atoms with Gasteiger partial charge in [-0.2, -0.15) is 4.31 Å². The van der Waals surface area contributed by atoms with Crippen LogP contribution in [0.25, 0.3) is 0 Å². The first-order valence-corrected chi connectivity index (χ1v) is 16.3. The molecule has 0 bridgehead atoms. The van der Waals surface area contributed by atoms with Crippen LogP contribution in [0, 0.1) is 0 Å². The van der Waals surface area contributed by atoms with Gasteiger partial charge in [0.1, 0.15) is 18.2 Å². The van der Waals surface area contributed by atoms with Gasteiger partial charge in [0.2, 0.25) is 21.8 Å². The minimum Gasteiger partial charge on any atom is -0.465 e. The maximum Gasteiger partial charge on any atom is 0.407 e. The van der Waals surface area contributed by atoms with Gasteiger partial charge in [-0.3, -0.25) is 9.59 Å². The van der Waals surface area contributed by atoms with Gasteiger partial charge in [-0.25, -0.2) is 18.0 Å². The Morgan fingerprint density at radius 1 is 1.02 bits per heavy atom. The first-order valence-electron chi connectivity index (χ1n) is 14.9. The van der Waals surface area contributed by atoms with Crippen molar-refractivity contribution < 1.29 is 37.1 Å². The molecule has 12 nitrogen and oxygen atoms in total. The van der Waals surface area contributed by atoms with E-state index in [1.165, 1.54) is 29.6 Å². The number of benzene rings is 2. The average molecular weight is 629 g/mol. The summed E-state index contributed by atoms with van der Waals surface area (Å²) in [6.07, 6.45) is 1.98. The zero-order valence-corrected chi connectivity index (χ0v) is 25.9. The number of nitrogens with one attached hydrogen (secondary N) is 2. The van der Waals surface area contributed by atoms with E-state index in [-0.39, 0.29) is 54.8 Å². The number of nitrogens with zero attached hydrogens (tertiary/aromatic N) is 2. The van der Waals surface area contributed by atoms with E-state index in [0.717, 1.165) is 5.56 Å². The van der Waals surface area contributed by atoms with Crippen LogP contribution in [0.2, 0.25) is 0 Å². The molecule has 2 aliphatic rings. The standard InChI is InChI=1S/C31H40N4O8S/c1-3-19-35-27(36)25(14-9-10-18-32-30(39)43-22-23-11-5-4-6-12-23)33-29(38)31(35)16-20-34(21-17-31)44(40,41)26-15-8-7-13-24(26)28(37)42-2/h4-8,11-13,15,25H,3,9-10,14,16-22H2,1-2H3,(H,32,39)(H,33,38)/t25-/m0/s1. The first-order chi connectivity index (χ1) is 21.1. The van der Waals surface area contributed by atoms with Crippen molar-refractivity contribution in [2.45, 2.75) is 68.5 Å². The molecule has 238 valence electrons. The zero-order valence-electron chi connectivity index (χ0n) is 25.1. The van der Waals surface area contributed by atoms with Crippen molar-refractivity contribution >= 4 is 33.9 Å². The summed E-state index contributed by atoms with van der Waals surface area (Å²) in [6.45, 7) is 2.86. The fraction of sp³-hybridized carbons (Fsp3) is 0.484. The predicted molar refractivity (Wildman–Crippen MR) is 161 cm³/mol. The van der Waals surface area contributed by atoms with Gasteiger partial charge in [-0.1, -0.05) is 49.4 Å². The number of amides is 3. The van der Waals surface area contributed by atoms with Crippen LogP contribution in [0.1, 0.15) is 61.4 Å². The maximum absolute atomic E-state index is 13.6. The van der Waals surface area contributed by atoms with Gasteiger partial charge in [0.25, 0.3) is 0 Å². The second kappa shape index (κ2) is 14.7. The number of sulfonamides is 1. The monoisotopic (exact) mass is 628 g/mol. The van der Waals surface area contributed by atoms with Gasteiger partial charge < -0.3 is 25.0 Å². The van der Waals surface area contributed by atoms with E-state index in [4.69, 9.17) is 9.47 Å². The molecule has 2 fully saturated rings. The summed E-state index contributed by atoms with van der Waals surface area (Å²) >= 11 is 0. The van der Waals surface area contributed by atoms with Crippen molar-refractivity contribution in [1.82, 2.24) is 19.8 Å². The zero-order chi connectivity index (χ0) is 31.7. The summed E-state index contributed by atoms with van der Waals surface area (Å²) in [4.78, 5) is 52.9. The SMILES string of the molecule is CCCN1C(=O)[C@H](CCCCNC(=O)OCc2ccccc2)NC(=O)C12CCN(S(=O)(=O)c1ccccc1C(=O)OC)CC2. The van der Waals surface area contributed by atoms with Crippen molar-refractivity contribution in [3.8, 4) is 0 Å². The first kappa shape index (κ1) is 32.9. The third-order valence-electron chi connectivity index (χ3n) is 8.12. The molecule has 2 aliphatic heterocycles. The Balaban J connectivity index is 1.32. The summed E-state index contributed by atoms with van der Waals surface area (Å²) < 4.78 is 38.3. The van der Waals surface area contributed by atoms with E-state index in [1.54, 1.807) is 11.0 Å². The van der Waals surface area contributed by atoms with E-state index in [2.05, 4.69) is 10.6 Å². The van der Waals surface area contributed by atoms with Crippen LogP contribution in [0.4, 0.5) is 4.79 Å². The van der Waals surface area contributed by atoms with Crippen LogP contribution in [0.3, 0.4) is 0 Å². The smallest absolute Gasteiger partial charge is 0.407 e. The number of rotatable bonds is 12. The van der Waals surface area contributed by atoms with Crippen molar-refractivity contribution in [1.29, 1.82) is 0 Å². The number of carbonyl (C=O) groups excluding carboxylic acids is 4. The Bertz CT molecular complexity index is 1440. The Morgan fingerprint density at radius 2 is 1.70 bits per heavy atom. The fourth-order valence-corrected chi connectivity index (χ4v) is 7.38. The number of hydrogen-bond donors (Lipinski definition) is 2. The number of piperazine rings is 1. The van der Waals surface area contributed by atoms with Crippen LogP contribution in [-0.2, 0) is 35.7 Å². The van der Waals surface area contributed by atoms with E-state index in [0.29, 0.717) is 38.8 Å². The largest absolute Gasteiger partial charge is 0.465 e. The molecule has 0 aromatic heterocycles. The van der Waals surface area contributed by atoms with Crippen molar-refractivity contribution in [2.75, 3.05) is 33.3 Å². The van der Waals surface area contributed by atoms with Gasteiger partial charge in [-0.05, 0) is 56.2 Å². The number of unbranched alkanes of at least 4 members (excludes halogenated alkanes) is 1. The van der Waals surface area contributed by atoms with Gasteiger partial charge in [0, 0.05) is 26.2 Å². The molecule has 44 heavy (non-hydrogen) atoms. The molecule has 2 N–H and O–H groups in total. The number of ether oxygens (including phenoxy) is 2. The molecule has 1 atom stereocenters. The highest BCUT2D eigenvalue weighted by molar-refractivity contribution is 7.89. The van der Waals surface area contributed by atoms with Crippen LogP contribution < -0.4 is 10.6 Å². The van der Waals surface area contributed by atoms with E-state index >= 15 is 0 Å². The predicted octanol–water partition coefficient (Wildman–Crippen LogP) is 2.83. The molecule has 13 heteroatoms. The molecule has 0 unspecified atom stereocenters. The van der Waals surface area contributed by atoms with E-state index < -0.39 is 33.7 Å². The third kappa shape index (κ3) is 7.21. The lowest BCUT2D eigenvalue weighted by Crippen LogP contribution is -2.73. The molecule has 0 aliphatic carbocycles. The van der Waals surface area contributed by atoms with E-state index in [9.17, 15) is 27.6 Å². The Hall–Kier alpha value is -3.97. The normalized spacial score (nSPS) is 18.5. The van der Waals surface area contributed by atoms with Gasteiger partial charge in [0.05, 0.1) is 17.6 Å². The van der Waals surface area contributed by atoms with Crippen molar-refractivity contribution in [3.05, 3.63) is 65.7 Å². The quantitative estimate of drug-likeness (QED) is 0.269. The highest BCUT2D eigenvalue weighted by Gasteiger charge is 2.54. The lowest BCUT2D eigenvalue weighted by molar-refractivity contribution is -0.160. The Morgan fingerprint density at radius 3 is 2.39 bits per heavy atom. The summed E-state index contributed by atoms with van der Waals surface area (Å²) in [5, 5.41) is 5.60. The van der Waals surface area contributed by atoms with Crippen LogP contribution in [-0.4, -0.2) is 86.4 Å². The van der Waals surface area contributed by atoms with Crippen LogP contribution in [0.5, 0.6) is 0 Å². The second-order valence-electron chi connectivity index (χ2n) is 10.9. The highest BCUT2D eigenvalue weighted by atomic mass is 32.2. The Labute approximate surface area is 258 Å². The van der Waals surface area contributed by atoms with Gasteiger partial charge in [0.15, 0.2) is 0 Å². The second-order valence-corrected chi connectivity index (χ2v) is 12.8. The number of piperidine rings is 1. The molecule has 3 amide bonds. The van der Waals surface area contributed by atoms with Gasteiger partial charge >= 0.3 is 12.1 Å². The molecule has 4 rings (SSSR count). The Kier molecular flexibility index (Phi) is 11.0. The van der Waals surface area contributed by atoms with Gasteiger partial charge in [-0.15, -0.1) is 0 Å². The summed E-state index contributed by atoms with van der Waals surface area (Å²) in [7, 11) is -2.87. The molecular formula is C31H40N4O8S. The summed E-state index contributed by atoms with van der Waals surface area (Å²) in [5.74, 6) is -1.23. The van der Waals surface area contributed by atoms with E-state index in [1.807, 2.05) is 37.3 Å². The van der Waals surface area contributed by atoms with Crippen molar-refractivity contribution in [3.63, 3.8) is 0 Å². The summed E-state index contributed by atoms with van der Waals surface area (Å²) in [6, 6.07) is 14.5. The molecule has 2 saturated heterocycles. The molecule has 2 aromatic rings. The lowest BCUT2D eigenvalue weighted by atomic mass is 9.81.